The predicted molar refractivity (Wildman–Crippen MR) is 112 cm³/mol. The van der Waals surface area contributed by atoms with Crippen molar-refractivity contribution in [2.45, 2.75) is 6.92 Å². The molecule has 4 rings (SSSR count). The van der Waals surface area contributed by atoms with Crippen LogP contribution in [0, 0.1) is 6.92 Å². The summed E-state index contributed by atoms with van der Waals surface area (Å²) in [7, 11) is 0. The molecule has 0 saturated carbocycles. The van der Waals surface area contributed by atoms with E-state index in [1.807, 2.05) is 79.0 Å². The van der Waals surface area contributed by atoms with Gasteiger partial charge in [-0.1, -0.05) is 54.6 Å². The van der Waals surface area contributed by atoms with Crippen LogP contribution in [0.3, 0.4) is 0 Å². The topological polar surface area (TPSA) is 72.7 Å². The number of amides is 1. The van der Waals surface area contributed by atoms with Gasteiger partial charge in [-0.2, -0.15) is 4.68 Å². The van der Waals surface area contributed by atoms with Crippen molar-refractivity contribution in [2.24, 2.45) is 0 Å². The number of thiophene rings is 1. The first kappa shape index (κ1) is 17.8. The maximum atomic E-state index is 13.2. The number of anilines is 1. The van der Waals surface area contributed by atoms with Gasteiger partial charge in [0.25, 0.3) is 5.91 Å². The molecule has 138 valence electrons. The smallest absolute Gasteiger partial charge is 0.274 e. The minimum atomic E-state index is -0.285. The van der Waals surface area contributed by atoms with Crippen LogP contribution in [-0.2, 0) is 4.79 Å². The third-order valence-electron chi connectivity index (χ3n) is 4.18. The molecule has 0 unspecified atom stereocenters. The molecule has 2 aromatic carbocycles. The summed E-state index contributed by atoms with van der Waals surface area (Å²) in [6.07, 6.45) is 1.79. The molecule has 0 atom stereocenters. The van der Waals surface area contributed by atoms with E-state index in [2.05, 4.69) is 20.8 Å². The summed E-state index contributed by atoms with van der Waals surface area (Å²) in [6.45, 7) is 1.95. The van der Waals surface area contributed by atoms with Gasteiger partial charge in [-0.05, 0) is 46.5 Å². The molecule has 6 nitrogen and oxygen atoms in total. The molecule has 0 spiro atoms. The highest BCUT2D eigenvalue weighted by Gasteiger charge is 2.20. The van der Waals surface area contributed by atoms with E-state index in [-0.39, 0.29) is 5.91 Å². The number of aryl methyl sites for hydroxylation is 1. The van der Waals surface area contributed by atoms with E-state index in [0.717, 1.165) is 21.7 Å². The Kier molecular flexibility index (Phi) is 5.07. The third-order valence-corrected chi connectivity index (χ3v) is 5.00. The Morgan fingerprint density at radius 3 is 2.57 bits per heavy atom. The van der Waals surface area contributed by atoms with E-state index < -0.39 is 0 Å². The van der Waals surface area contributed by atoms with Crippen molar-refractivity contribution in [3.8, 4) is 11.4 Å². The molecule has 0 radical (unpaired) electrons. The molecule has 0 bridgehead atoms. The van der Waals surface area contributed by atoms with Crippen molar-refractivity contribution < 1.29 is 4.79 Å². The van der Waals surface area contributed by atoms with Crippen LogP contribution < -0.4 is 5.32 Å². The van der Waals surface area contributed by atoms with E-state index in [0.29, 0.717) is 11.5 Å². The van der Waals surface area contributed by atoms with Crippen molar-refractivity contribution in [1.82, 2.24) is 20.2 Å². The molecule has 2 heterocycles. The molecule has 1 N–H and O–H groups in total. The Hall–Kier alpha value is -3.58. The minimum absolute atomic E-state index is 0.285. The molecule has 0 aliphatic carbocycles. The summed E-state index contributed by atoms with van der Waals surface area (Å²) >= 11 is 1.54. The highest BCUT2D eigenvalue weighted by atomic mass is 32.1. The second-order valence-electron chi connectivity index (χ2n) is 6.09. The Morgan fingerprint density at radius 2 is 1.82 bits per heavy atom. The zero-order valence-corrected chi connectivity index (χ0v) is 15.9. The lowest BCUT2D eigenvalue weighted by Gasteiger charge is -2.12. The molecule has 0 saturated heterocycles. The van der Waals surface area contributed by atoms with Gasteiger partial charge in [0.15, 0.2) is 5.82 Å². The van der Waals surface area contributed by atoms with Crippen LogP contribution in [0.2, 0.25) is 0 Å². The summed E-state index contributed by atoms with van der Waals surface area (Å²) in [5, 5.41) is 16.9. The van der Waals surface area contributed by atoms with Crippen molar-refractivity contribution in [2.75, 3.05) is 5.32 Å². The minimum Gasteiger partial charge on any atom is -0.320 e. The summed E-state index contributed by atoms with van der Waals surface area (Å²) in [6, 6.07) is 21.1. The van der Waals surface area contributed by atoms with Crippen LogP contribution in [0.25, 0.3) is 23.2 Å². The summed E-state index contributed by atoms with van der Waals surface area (Å²) in [4.78, 5) is 14.1. The highest BCUT2D eigenvalue weighted by molar-refractivity contribution is 7.10. The second-order valence-corrected chi connectivity index (χ2v) is 7.07. The van der Waals surface area contributed by atoms with E-state index >= 15 is 0 Å². The molecular formula is C21H17N5OS. The fraction of sp³-hybridized carbons (Fsp3) is 0.0476. The number of nitrogens with one attached hydrogen (secondary N) is 1. The SMILES string of the molecule is Cc1ccccc1NC(=O)/C(=C\c1cccs1)n1nnnc1-c1ccccc1. The number of hydrogen-bond acceptors (Lipinski definition) is 5. The molecule has 4 aromatic rings. The number of carbonyl (C=O) groups excluding carboxylic acids is 1. The van der Waals surface area contributed by atoms with Gasteiger partial charge in [0.2, 0.25) is 0 Å². The van der Waals surface area contributed by atoms with Crippen LogP contribution in [0.15, 0.2) is 72.1 Å². The zero-order chi connectivity index (χ0) is 19.3. The van der Waals surface area contributed by atoms with Gasteiger partial charge in [0.1, 0.15) is 5.70 Å². The summed E-state index contributed by atoms with van der Waals surface area (Å²) < 4.78 is 1.47. The number of hydrogen-bond donors (Lipinski definition) is 1. The van der Waals surface area contributed by atoms with Crippen LogP contribution in [0.5, 0.6) is 0 Å². The predicted octanol–water partition coefficient (Wildman–Crippen LogP) is 4.35. The third kappa shape index (κ3) is 3.74. The Bertz CT molecular complexity index is 1120. The van der Waals surface area contributed by atoms with Gasteiger partial charge in [-0.25, -0.2) is 0 Å². The normalized spacial score (nSPS) is 11.4. The maximum Gasteiger partial charge on any atom is 0.274 e. The van der Waals surface area contributed by atoms with E-state index in [4.69, 9.17) is 0 Å². The Morgan fingerprint density at radius 1 is 1.04 bits per heavy atom. The molecule has 28 heavy (non-hydrogen) atoms. The Labute approximate surface area is 166 Å². The molecule has 0 fully saturated rings. The van der Waals surface area contributed by atoms with Gasteiger partial charge in [0, 0.05) is 16.1 Å². The molecular weight excluding hydrogens is 370 g/mol. The molecule has 2 aromatic heterocycles. The largest absolute Gasteiger partial charge is 0.320 e. The first-order valence-electron chi connectivity index (χ1n) is 8.69. The van der Waals surface area contributed by atoms with Crippen molar-refractivity contribution in [1.29, 1.82) is 0 Å². The van der Waals surface area contributed by atoms with Gasteiger partial charge in [-0.3, -0.25) is 4.79 Å². The van der Waals surface area contributed by atoms with Crippen LogP contribution in [0.4, 0.5) is 5.69 Å². The number of rotatable bonds is 5. The number of para-hydroxylation sites is 1. The molecule has 1 amide bonds. The lowest BCUT2D eigenvalue weighted by Crippen LogP contribution is -2.19. The summed E-state index contributed by atoms with van der Waals surface area (Å²) in [5.74, 6) is 0.218. The van der Waals surface area contributed by atoms with E-state index in [1.54, 1.807) is 6.08 Å². The summed E-state index contributed by atoms with van der Waals surface area (Å²) in [5.41, 5.74) is 2.90. The van der Waals surface area contributed by atoms with Crippen LogP contribution in [-0.4, -0.2) is 26.1 Å². The number of tetrazole rings is 1. The van der Waals surface area contributed by atoms with Gasteiger partial charge in [0.05, 0.1) is 0 Å². The number of carbonyl (C=O) groups is 1. The Balaban J connectivity index is 1.77. The van der Waals surface area contributed by atoms with Crippen LogP contribution in [0.1, 0.15) is 10.4 Å². The fourth-order valence-corrected chi connectivity index (χ4v) is 3.40. The highest BCUT2D eigenvalue weighted by Crippen LogP contribution is 2.23. The quantitative estimate of drug-likeness (QED) is 0.517. The van der Waals surface area contributed by atoms with Gasteiger partial charge < -0.3 is 5.32 Å². The van der Waals surface area contributed by atoms with Gasteiger partial charge >= 0.3 is 0 Å². The molecule has 7 heteroatoms. The lowest BCUT2D eigenvalue weighted by atomic mass is 10.2. The zero-order valence-electron chi connectivity index (χ0n) is 15.1. The van der Waals surface area contributed by atoms with Crippen molar-refractivity contribution in [3.63, 3.8) is 0 Å². The van der Waals surface area contributed by atoms with Crippen molar-refractivity contribution in [3.05, 3.63) is 82.6 Å². The first-order valence-corrected chi connectivity index (χ1v) is 9.57. The molecule has 0 aliphatic heterocycles. The fourth-order valence-electron chi connectivity index (χ4n) is 2.75. The average Bonchev–Trinajstić information content (AvgIpc) is 3.40. The number of nitrogens with zero attached hydrogens (tertiary/aromatic N) is 4. The lowest BCUT2D eigenvalue weighted by molar-refractivity contribution is -0.111. The first-order chi connectivity index (χ1) is 13.7. The van der Waals surface area contributed by atoms with Gasteiger partial charge in [-0.15, -0.1) is 16.4 Å². The van der Waals surface area contributed by atoms with Crippen LogP contribution >= 0.6 is 11.3 Å². The molecule has 0 aliphatic rings. The second kappa shape index (κ2) is 7.98. The average molecular weight is 387 g/mol. The van der Waals surface area contributed by atoms with Crippen molar-refractivity contribution >= 4 is 34.7 Å². The van der Waals surface area contributed by atoms with E-state index in [9.17, 15) is 4.79 Å². The number of aromatic nitrogens is 4. The number of benzene rings is 2. The standard InChI is InChI=1S/C21H17N5OS/c1-15-8-5-6-12-18(15)22-21(27)19(14-17-11-7-13-28-17)26-20(23-24-25-26)16-9-3-2-4-10-16/h2-14H,1H3,(H,22,27)/b19-14+. The van der Waals surface area contributed by atoms with E-state index in [1.165, 1.54) is 16.0 Å². The monoisotopic (exact) mass is 387 g/mol. The maximum absolute atomic E-state index is 13.2.